The normalized spacial score (nSPS) is 19.8. The topological polar surface area (TPSA) is 37.8 Å². The first-order valence-electron chi connectivity index (χ1n) is 5.67. The minimum Gasteiger partial charge on any atom is -0.316 e. The first kappa shape index (κ1) is 13.2. The second-order valence-corrected chi connectivity index (χ2v) is 4.49. The number of rotatable bonds is 2. The van der Waals surface area contributed by atoms with Crippen molar-refractivity contribution in [2.24, 2.45) is 0 Å². The Morgan fingerprint density at radius 1 is 1.17 bits per heavy atom. The molecule has 0 bridgehead atoms. The zero-order valence-corrected chi connectivity index (χ0v) is 9.60. The summed E-state index contributed by atoms with van der Waals surface area (Å²) < 4.78 is 51.0. The van der Waals surface area contributed by atoms with Gasteiger partial charge in [0.25, 0.3) is 0 Å². The van der Waals surface area contributed by atoms with Crippen molar-refractivity contribution >= 4 is 0 Å². The average Bonchev–Trinajstić information content (AvgIpc) is 2.29. The zero-order valence-electron chi connectivity index (χ0n) is 9.60. The highest BCUT2D eigenvalue weighted by molar-refractivity contribution is 5.11. The fourth-order valence-corrected chi connectivity index (χ4v) is 2.01. The van der Waals surface area contributed by atoms with Crippen LogP contribution in [0.15, 0.2) is 12.4 Å². The lowest BCUT2D eigenvalue weighted by molar-refractivity contribution is -0.145. The molecule has 1 aliphatic rings. The number of alkyl halides is 4. The van der Waals surface area contributed by atoms with E-state index in [0.717, 1.165) is 12.4 Å². The molecular weight excluding hydrogens is 250 g/mol. The standard InChI is InChI=1S/C11H13F4N3/c12-10(1-3-16-4-2-10)5-8-6-17-9(18-7-8)11(13,14)15/h6-7,16H,1-5H2. The lowest BCUT2D eigenvalue weighted by Gasteiger charge is -2.29. The summed E-state index contributed by atoms with van der Waals surface area (Å²) in [6.45, 7) is 1.16. The SMILES string of the molecule is FC1(Cc2cnc(C(F)(F)F)nc2)CCNCC1. The molecule has 0 radical (unpaired) electrons. The van der Waals surface area contributed by atoms with E-state index in [0.29, 0.717) is 31.5 Å². The van der Waals surface area contributed by atoms with E-state index in [2.05, 4.69) is 15.3 Å². The Morgan fingerprint density at radius 2 is 1.72 bits per heavy atom. The van der Waals surface area contributed by atoms with E-state index < -0.39 is 17.7 Å². The molecule has 0 aliphatic carbocycles. The van der Waals surface area contributed by atoms with Crippen molar-refractivity contribution in [3.63, 3.8) is 0 Å². The van der Waals surface area contributed by atoms with Crippen molar-refractivity contribution in [2.75, 3.05) is 13.1 Å². The molecule has 1 aromatic rings. The maximum Gasteiger partial charge on any atom is 0.451 e. The predicted octanol–water partition coefficient (Wildman–Crippen LogP) is 2.13. The molecule has 7 heteroatoms. The van der Waals surface area contributed by atoms with Crippen molar-refractivity contribution in [1.29, 1.82) is 0 Å². The van der Waals surface area contributed by atoms with Crippen LogP contribution >= 0.6 is 0 Å². The molecule has 18 heavy (non-hydrogen) atoms. The van der Waals surface area contributed by atoms with Gasteiger partial charge in [-0.3, -0.25) is 0 Å². The minimum atomic E-state index is -4.55. The summed E-state index contributed by atoms with van der Waals surface area (Å²) in [6, 6.07) is 0. The number of hydrogen-bond donors (Lipinski definition) is 1. The van der Waals surface area contributed by atoms with E-state index in [1.54, 1.807) is 0 Å². The van der Waals surface area contributed by atoms with Crippen LogP contribution < -0.4 is 5.32 Å². The fraction of sp³-hybridized carbons (Fsp3) is 0.636. The molecule has 2 rings (SSSR count). The van der Waals surface area contributed by atoms with Crippen LogP contribution in [0.1, 0.15) is 24.2 Å². The van der Waals surface area contributed by atoms with Crippen LogP contribution in [0.5, 0.6) is 0 Å². The molecule has 1 N–H and O–H groups in total. The maximum absolute atomic E-state index is 14.3. The minimum absolute atomic E-state index is 0.0623. The zero-order chi connectivity index (χ0) is 13.2. The van der Waals surface area contributed by atoms with E-state index >= 15 is 0 Å². The van der Waals surface area contributed by atoms with Gasteiger partial charge in [-0.25, -0.2) is 14.4 Å². The van der Waals surface area contributed by atoms with Crippen molar-refractivity contribution in [3.05, 3.63) is 23.8 Å². The molecule has 100 valence electrons. The van der Waals surface area contributed by atoms with E-state index in [-0.39, 0.29) is 6.42 Å². The van der Waals surface area contributed by atoms with Crippen LogP contribution in [-0.4, -0.2) is 28.7 Å². The third kappa shape index (κ3) is 3.16. The van der Waals surface area contributed by atoms with Gasteiger partial charge >= 0.3 is 6.18 Å². The number of piperidine rings is 1. The van der Waals surface area contributed by atoms with Crippen LogP contribution in [0.2, 0.25) is 0 Å². The van der Waals surface area contributed by atoms with Gasteiger partial charge in [-0.1, -0.05) is 0 Å². The molecule has 2 heterocycles. The van der Waals surface area contributed by atoms with Crippen LogP contribution in [0.3, 0.4) is 0 Å². The lowest BCUT2D eigenvalue weighted by Crippen LogP contribution is -2.40. The first-order valence-corrected chi connectivity index (χ1v) is 5.67. The molecule has 1 aliphatic heterocycles. The molecule has 0 saturated carbocycles. The van der Waals surface area contributed by atoms with Crippen LogP contribution in [0.25, 0.3) is 0 Å². The van der Waals surface area contributed by atoms with E-state index in [1.807, 2.05) is 0 Å². The average molecular weight is 263 g/mol. The molecular formula is C11H13F4N3. The molecule has 0 unspecified atom stereocenters. The van der Waals surface area contributed by atoms with Gasteiger partial charge in [0.2, 0.25) is 5.82 Å². The van der Waals surface area contributed by atoms with Crippen molar-refractivity contribution in [3.8, 4) is 0 Å². The Hall–Kier alpha value is -1.24. The van der Waals surface area contributed by atoms with Crippen LogP contribution in [-0.2, 0) is 12.6 Å². The number of aromatic nitrogens is 2. The Bertz CT molecular complexity index is 396. The molecule has 1 saturated heterocycles. The van der Waals surface area contributed by atoms with Gasteiger partial charge in [0.15, 0.2) is 0 Å². The third-order valence-corrected chi connectivity index (χ3v) is 2.98. The van der Waals surface area contributed by atoms with Gasteiger partial charge in [0.1, 0.15) is 5.67 Å². The van der Waals surface area contributed by atoms with E-state index in [4.69, 9.17) is 0 Å². The second kappa shape index (κ2) is 4.79. The summed E-state index contributed by atoms with van der Waals surface area (Å²) in [5.41, 5.74) is -0.971. The fourth-order valence-electron chi connectivity index (χ4n) is 2.01. The summed E-state index contributed by atoms with van der Waals surface area (Å²) in [7, 11) is 0. The second-order valence-electron chi connectivity index (χ2n) is 4.49. The maximum atomic E-state index is 14.3. The van der Waals surface area contributed by atoms with E-state index in [1.165, 1.54) is 0 Å². The highest BCUT2D eigenvalue weighted by Gasteiger charge is 2.35. The third-order valence-electron chi connectivity index (χ3n) is 2.98. The molecule has 1 aromatic heterocycles. The number of nitrogens with zero attached hydrogens (tertiary/aromatic N) is 2. The Morgan fingerprint density at radius 3 is 2.22 bits per heavy atom. The van der Waals surface area contributed by atoms with E-state index in [9.17, 15) is 17.6 Å². The molecule has 1 fully saturated rings. The molecule has 0 aromatic carbocycles. The molecule has 3 nitrogen and oxygen atoms in total. The summed E-state index contributed by atoms with van der Waals surface area (Å²) in [6.07, 6.45) is -1.67. The van der Waals surface area contributed by atoms with Crippen molar-refractivity contribution < 1.29 is 17.6 Å². The van der Waals surface area contributed by atoms with Gasteiger partial charge in [-0.05, 0) is 31.5 Å². The van der Waals surface area contributed by atoms with Gasteiger partial charge in [0, 0.05) is 18.8 Å². The predicted molar refractivity (Wildman–Crippen MR) is 56.7 cm³/mol. The molecule has 0 atom stereocenters. The Balaban J connectivity index is 2.06. The summed E-state index contributed by atoms with van der Waals surface area (Å²) in [5.74, 6) is -1.19. The van der Waals surface area contributed by atoms with Gasteiger partial charge in [0.05, 0.1) is 0 Å². The summed E-state index contributed by atoms with van der Waals surface area (Å²) in [4.78, 5) is 6.46. The quantitative estimate of drug-likeness (QED) is 0.831. The summed E-state index contributed by atoms with van der Waals surface area (Å²) >= 11 is 0. The number of nitrogens with one attached hydrogen (secondary N) is 1. The monoisotopic (exact) mass is 263 g/mol. The Kier molecular flexibility index (Phi) is 3.52. The number of hydrogen-bond acceptors (Lipinski definition) is 3. The van der Waals surface area contributed by atoms with Crippen molar-refractivity contribution in [2.45, 2.75) is 31.1 Å². The number of halogens is 4. The first-order chi connectivity index (χ1) is 8.39. The highest BCUT2D eigenvalue weighted by atomic mass is 19.4. The molecule has 0 amide bonds. The molecule has 0 spiro atoms. The summed E-state index contributed by atoms with van der Waals surface area (Å²) in [5, 5.41) is 3.03. The smallest absolute Gasteiger partial charge is 0.316 e. The largest absolute Gasteiger partial charge is 0.451 e. The van der Waals surface area contributed by atoms with Crippen molar-refractivity contribution in [1.82, 2.24) is 15.3 Å². The van der Waals surface area contributed by atoms with Crippen LogP contribution in [0.4, 0.5) is 17.6 Å². The van der Waals surface area contributed by atoms with Gasteiger partial charge < -0.3 is 5.32 Å². The Labute approximate surface area is 102 Å². The lowest BCUT2D eigenvalue weighted by atomic mass is 9.89. The highest BCUT2D eigenvalue weighted by Crippen LogP contribution is 2.29. The van der Waals surface area contributed by atoms with Gasteiger partial charge in [-0.15, -0.1) is 0 Å². The van der Waals surface area contributed by atoms with Gasteiger partial charge in [-0.2, -0.15) is 13.2 Å². The van der Waals surface area contributed by atoms with Crippen LogP contribution in [0, 0.1) is 0 Å².